The Labute approximate surface area is 107 Å². The molecule has 0 saturated carbocycles. The molecular weight excluding hydrogens is 228 g/mol. The predicted octanol–water partition coefficient (Wildman–Crippen LogP) is 1.14. The first-order valence-corrected chi connectivity index (χ1v) is 6.25. The summed E-state index contributed by atoms with van der Waals surface area (Å²) in [5, 5.41) is 16.9. The number of hydrogen-bond donors (Lipinski definition) is 2. The zero-order chi connectivity index (χ0) is 13.1. The van der Waals surface area contributed by atoms with Crippen LogP contribution in [0, 0.1) is 12.8 Å². The van der Waals surface area contributed by atoms with Gasteiger partial charge in [-0.2, -0.15) is 5.10 Å². The molecule has 0 radical (unpaired) electrons. The van der Waals surface area contributed by atoms with Crippen molar-refractivity contribution in [2.24, 2.45) is 5.92 Å². The monoisotopic (exact) mass is 248 g/mol. The zero-order valence-electron chi connectivity index (χ0n) is 11.1. The molecule has 0 aliphatic carbocycles. The maximum absolute atomic E-state index is 9.25. The summed E-state index contributed by atoms with van der Waals surface area (Å²) in [4.78, 5) is 4.35. The summed E-state index contributed by atoms with van der Waals surface area (Å²) in [6.07, 6.45) is 3.81. The molecule has 0 spiro atoms. The van der Waals surface area contributed by atoms with Crippen LogP contribution in [0.15, 0.2) is 18.5 Å². The standard InChI is InChI=1S/C13H20N4O/c1-9(2)12(8-18)14-5-11-6-15-13-4-10(3)16-17(13)7-11/h4,6-7,9,12,14,18H,5,8H2,1-3H3. The molecule has 0 fully saturated rings. The van der Waals surface area contributed by atoms with Crippen LogP contribution >= 0.6 is 0 Å². The highest BCUT2D eigenvalue weighted by molar-refractivity contribution is 5.38. The van der Waals surface area contributed by atoms with Crippen LogP contribution in [-0.4, -0.2) is 32.4 Å². The molecule has 0 aromatic carbocycles. The van der Waals surface area contributed by atoms with Gasteiger partial charge in [0, 0.05) is 36.6 Å². The highest BCUT2D eigenvalue weighted by Gasteiger charge is 2.11. The molecule has 2 N–H and O–H groups in total. The number of nitrogens with zero attached hydrogens (tertiary/aromatic N) is 3. The van der Waals surface area contributed by atoms with E-state index in [-0.39, 0.29) is 12.6 Å². The fourth-order valence-electron chi connectivity index (χ4n) is 1.89. The van der Waals surface area contributed by atoms with E-state index in [2.05, 4.69) is 29.2 Å². The summed E-state index contributed by atoms with van der Waals surface area (Å²) in [7, 11) is 0. The Morgan fingerprint density at radius 3 is 2.89 bits per heavy atom. The largest absolute Gasteiger partial charge is 0.395 e. The number of aliphatic hydroxyl groups excluding tert-OH is 1. The van der Waals surface area contributed by atoms with Crippen molar-refractivity contribution in [3.05, 3.63) is 29.7 Å². The SMILES string of the molecule is Cc1cc2ncc(CNC(CO)C(C)C)cn2n1. The lowest BCUT2D eigenvalue weighted by Gasteiger charge is -2.19. The molecule has 2 heterocycles. The van der Waals surface area contributed by atoms with Gasteiger partial charge < -0.3 is 10.4 Å². The van der Waals surface area contributed by atoms with Crippen molar-refractivity contribution in [1.29, 1.82) is 0 Å². The van der Waals surface area contributed by atoms with Gasteiger partial charge in [0.05, 0.1) is 12.3 Å². The number of hydrogen-bond acceptors (Lipinski definition) is 4. The van der Waals surface area contributed by atoms with Gasteiger partial charge in [-0.3, -0.25) is 0 Å². The van der Waals surface area contributed by atoms with Crippen LogP contribution in [0.5, 0.6) is 0 Å². The van der Waals surface area contributed by atoms with Crippen molar-refractivity contribution in [2.75, 3.05) is 6.61 Å². The maximum Gasteiger partial charge on any atom is 0.155 e. The molecule has 0 aliphatic heterocycles. The van der Waals surface area contributed by atoms with E-state index in [1.165, 1.54) is 0 Å². The Morgan fingerprint density at radius 2 is 2.22 bits per heavy atom. The molecule has 5 nitrogen and oxygen atoms in total. The number of aromatic nitrogens is 3. The molecule has 2 aromatic rings. The third-order valence-electron chi connectivity index (χ3n) is 3.06. The molecular formula is C13H20N4O. The van der Waals surface area contributed by atoms with Crippen molar-refractivity contribution in [2.45, 2.75) is 33.4 Å². The smallest absolute Gasteiger partial charge is 0.155 e. The lowest BCUT2D eigenvalue weighted by atomic mass is 10.1. The van der Waals surface area contributed by atoms with Gasteiger partial charge in [0.1, 0.15) is 0 Å². The summed E-state index contributed by atoms with van der Waals surface area (Å²) in [5.41, 5.74) is 2.88. The summed E-state index contributed by atoms with van der Waals surface area (Å²) >= 11 is 0. The van der Waals surface area contributed by atoms with Crippen LogP contribution in [0.25, 0.3) is 5.65 Å². The quantitative estimate of drug-likeness (QED) is 0.833. The van der Waals surface area contributed by atoms with Gasteiger partial charge in [-0.05, 0) is 12.8 Å². The average molecular weight is 248 g/mol. The van der Waals surface area contributed by atoms with Crippen LogP contribution < -0.4 is 5.32 Å². The summed E-state index contributed by atoms with van der Waals surface area (Å²) in [5.74, 6) is 0.402. The van der Waals surface area contributed by atoms with E-state index in [0.29, 0.717) is 12.5 Å². The first-order valence-electron chi connectivity index (χ1n) is 6.25. The Hall–Kier alpha value is -1.46. The van der Waals surface area contributed by atoms with Crippen molar-refractivity contribution in [3.63, 3.8) is 0 Å². The van der Waals surface area contributed by atoms with Gasteiger partial charge in [-0.25, -0.2) is 9.50 Å². The van der Waals surface area contributed by atoms with Gasteiger partial charge in [0.2, 0.25) is 0 Å². The fourth-order valence-corrected chi connectivity index (χ4v) is 1.89. The molecule has 1 unspecified atom stereocenters. The van der Waals surface area contributed by atoms with Crippen molar-refractivity contribution < 1.29 is 5.11 Å². The van der Waals surface area contributed by atoms with E-state index < -0.39 is 0 Å². The Morgan fingerprint density at radius 1 is 1.44 bits per heavy atom. The third kappa shape index (κ3) is 2.86. The van der Waals surface area contributed by atoms with Gasteiger partial charge in [-0.1, -0.05) is 13.8 Å². The highest BCUT2D eigenvalue weighted by atomic mass is 16.3. The second-order valence-corrected chi connectivity index (χ2v) is 4.96. The lowest BCUT2D eigenvalue weighted by Crippen LogP contribution is -2.36. The van der Waals surface area contributed by atoms with Crippen molar-refractivity contribution in [1.82, 2.24) is 19.9 Å². The zero-order valence-corrected chi connectivity index (χ0v) is 11.1. The molecule has 2 rings (SSSR count). The van der Waals surface area contributed by atoms with E-state index in [4.69, 9.17) is 0 Å². The minimum absolute atomic E-state index is 0.111. The molecule has 1 atom stereocenters. The van der Waals surface area contributed by atoms with Gasteiger partial charge in [0.15, 0.2) is 5.65 Å². The van der Waals surface area contributed by atoms with Gasteiger partial charge in [-0.15, -0.1) is 0 Å². The number of fused-ring (bicyclic) bond motifs is 1. The number of aliphatic hydroxyl groups is 1. The number of aryl methyl sites for hydroxylation is 1. The Balaban J connectivity index is 2.07. The number of nitrogens with one attached hydrogen (secondary N) is 1. The molecule has 18 heavy (non-hydrogen) atoms. The summed E-state index contributed by atoms with van der Waals surface area (Å²) < 4.78 is 1.79. The summed E-state index contributed by atoms with van der Waals surface area (Å²) in [6, 6.07) is 2.06. The van der Waals surface area contributed by atoms with E-state index in [1.807, 2.05) is 25.4 Å². The molecule has 0 amide bonds. The van der Waals surface area contributed by atoms with Crippen LogP contribution in [-0.2, 0) is 6.54 Å². The van der Waals surface area contributed by atoms with Crippen molar-refractivity contribution >= 4 is 5.65 Å². The predicted molar refractivity (Wildman–Crippen MR) is 70.3 cm³/mol. The van der Waals surface area contributed by atoms with E-state index >= 15 is 0 Å². The topological polar surface area (TPSA) is 62.5 Å². The fraction of sp³-hybridized carbons (Fsp3) is 0.538. The first kappa shape index (κ1) is 13.0. The maximum atomic E-state index is 9.25. The lowest BCUT2D eigenvalue weighted by molar-refractivity contribution is 0.210. The minimum atomic E-state index is 0.111. The third-order valence-corrected chi connectivity index (χ3v) is 3.06. The highest BCUT2D eigenvalue weighted by Crippen LogP contribution is 2.06. The average Bonchev–Trinajstić information content (AvgIpc) is 2.68. The first-order chi connectivity index (χ1) is 8.60. The van der Waals surface area contributed by atoms with Gasteiger partial charge in [0.25, 0.3) is 0 Å². The van der Waals surface area contributed by atoms with Crippen LogP contribution in [0.1, 0.15) is 25.1 Å². The molecule has 2 aromatic heterocycles. The second-order valence-electron chi connectivity index (χ2n) is 4.96. The molecule has 0 saturated heterocycles. The summed E-state index contributed by atoms with van der Waals surface area (Å²) in [6.45, 7) is 6.96. The Kier molecular flexibility index (Phi) is 3.93. The van der Waals surface area contributed by atoms with Crippen LogP contribution in [0.4, 0.5) is 0 Å². The molecule has 98 valence electrons. The van der Waals surface area contributed by atoms with E-state index in [0.717, 1.165) is 16.9 Å². The molecule has 0 aliphatic rings. The number of rotatable bonds is 5. The molecule has 5 heteroatoms. The normalized spacial score (nSPS) is 13.4. The van der Waals surface area contributed by atoms with Crippen LogP contribution in [0.3, 0.4) is 0 Å². The Bertz CT molecular complexity index is 521. The van der Waals surface area contributed by atoms with E-state index in [1.54, 1.807) is 4.52 Å². The second kappa shape index (κ2) is 5.46. The molecule has 0 bridgehead atoms. The van der Waals surface area contributed by atoms with Crippen molar-refractivity contribution in [3.8, 4) is 0 Å². The van der Waals surface area contributed by atoms with Gasteiger partial charge >= 0.3 is 0 Å². The minimum Gasteiger partial charge on any atom is -0.395 e. The van der Waals surface area contributed by atoms with Crippen LogP contribution in [0.2, 0.25) is 0 Å². The van der Waals surface area contributed by atoms with E-state index in [9.17, 15) is 5.11 Å².